The SMILES string of the molecule is O=C(c1ccco1)N1CCN(C(=O)c2c[nH]c3cc(Br)c(Br)cc23)CC1. The van der Waals surface area contributed by atoms with E-state index in [-0.39, 0.29) is 11.8 Å². The molecule has 8 heteroatoms. The van der Waals surface area contributed by atoms with Crippen LogP contribution in [0.4, 0.5) is 0 Å². The van der Waals surface area contributed by atoms with Crippen LogP contribution in [-0.2, 0) is 0 Å². The Morgan fingerprint density at radius 2 is 1.65 bits per heavy atom. The standard InChI is InChI=1S/C18H15Br2N3O3/c19-13-8-11-12(10-21-15(11)9-14(13)20)17(24)22-3-5-23(6-4-22)18(25)16-2-1-7-26-16/h1-2,7-10,21H,3-6H2. The second-order valence-corrected chi connectivity index (χ2v) is 7.78. The van der Waals surface area contributed by atoms with Crippen molar-refractivity contribution in [1.82, 2.24) is 14.8 Å². The first-order chi connectivity index (χ1) is 12.5. The van der Waals surface area contributed by atoms with Gasteiger partial charge in [-0.3, -0.25) is 9.59 Å². The van der Waals surface area contributed by atoms with E-state index in [1.165, 1.54) is 6.26 Å². The number of piperazine rings is 1. The summed E-state index contributed by atoms with van der Waals surface area (Å²) in [6, 6.07) is 7.22. The molecule has 3 heterocycles. The number of benzene rings is 1. The van der Waals surface area contributed by atoms with E-state index in [1.54, 1.807) is 28.1 Å². The number of aromatic nitrogens is 1. The summed E-state index contributed by atoms with van der Waals surface area (Å²) in [5.41, 5.74) is 1.54. The number of H-pyrrole nitrogens is 1. The van der Waals surface area contributed by atoms with Crippen LogP contribution in [0.15, 0.2) is 50.1 Å². The monoisotopic (exact) mass is 479 g/mol. The lowest BCUT2D eigenvalue weighted by atomic mass is 10.1. The summed E-state index contributed by atoms with van der Waals surface area (Å²) in [7, 11) is 0. The number of halogens is 2. The smallest absolute Gasteiger partial charge is 0.289 e. The molecule has 0 bridgehead atoms. The molecule has 3 aromatic rings. The number of fused-ring (bicyclic) bond motifs is 1. The lowest BCUT2D eigenvalue weighted by Gasteiger charge is -2.34. The van der Waals surface area contributed by atoms with E-state index < -0.39 is 0 Å². The molecule has 6 nitrogen and oxygen atoms in total. The van der Waals surface area contributed by atoms with Crippen molar-refractivity contribution < 1.29 is 14.0 Å². The Balaban J connectivity index is 1.49. The van der Waals surface area contributed by atoms with Crippen molar-refractivity contribution in [3.8, 4) is 0 Å². The molecule has 1 fully saturated rings. The maximum Gasteiger partial charge on any atom is 0.289 e. The van der Waals surface area contributed by atoms with Gasteiger partial charge in [-0.1, -0.05) is 0 Å². The van der Waals surface area contributed by atoms with Crippen LogP contribution in [0.1, 0.15) is 20.9 Å². The van der Waals surface area contributed by atoms with Gasteiger partial charge in [0.1, 0.15) is 0 Å². The van der Waals surface area contributed by atoms with Crippen LogP contribution in [0.3, 0.4) is 0 Å². The molecule has 1 aromatic carbocycles. The van der Waals surface area contributed by atoms with Crippen LogP contribution in [-0.4, -0.2) is 52.8 Å². The van der Waals surface area contributed by atoms with Gasteiger partial charge in [-0.2, -0.15) is 0 Å². The minimum atomic E-state index is -0.136. The van der Waals surface area contributed by atoms with Gasteiger partial charge in [0.15, 0.2) is 5.76 Å². The van der Waals surface area contributed by atoms with Gasteiger partial charge in [-0.25, -0.2) is 0 Å². The predicted octanol–water partition coefficient (Wildman–Crippen LogP) is 3.88. The zero-order valence-electron chi connectivity index (χ0n) is 13.7. The largest absolute Gasteiger partial charge is 0.459 e. The zero-order chi connectivity index (χ0) is 18.3. The Morgan fingerprint density at radius 1 is 1.00 bits per heavy atom. The van der Waals surface area contributed by atoms with Crippen molar-refractivity contribution in [2.24, 2.45) is 0 Å². The topological polar surface area (TPSA) is 69.6 Å². The normalized spacial score (nSPS) is 14.8. The fraction of sp³-hybridized carbons (Fsp3) is 0.222. The third kappa shape index (κ3) is 3.07. The lowest BCUT2D eigenvalue weighted by Crippen LogP contribution is -2.50. The number of nitrogens with zero attached hydrogens (tertiary/aromatic N) is 2. The maximum atomic E-state index is 12.9. The Hall–Kier alpha value is -2.06. The quantitative estimate of drug-likeness (QED) is 0.605. The number of amides is 2. The second kappa shape index (κ2) is 6.92. The van der Waals surface area contributed by atoms with Gasteiger partial charge in [0.25, 0.3) is 11.8 Å². The molecule has 2 aromatic heterocycles. The molecule has 0 saturated carbocycles. The molecule has 1 aliphatic heterocycles. The summed E-state index contributed by atoms with van der Waals surface area (Å²) in [6.07, 6.45) is 3.23. The van der Waals surface area contributed by atoms with Crippen LogP contribution >= 0.6 is 31.9 Å². The lowest BCUT2D eigenvalue weighted by molar-refractivity contribution is 0.0519. The van der Waals surface area contributed by atoms with Crippen molar-refractivity contribution >= 4 is 54.6 Å². The number of aromatic amines is 1. The van der Waals surface area contributed by atoms with Crippen molar-refractivity contribution in [2.75, 3.05) is 26.2 Å². The molecule has 0 atom stereocenters. The van der Waals surface area contributed by atoms with Crippen molar-refractivity contribution in [2.45, 2.75) is 0 Å². The molecule has 1 saturated heterocycles. The fourth-order valence-corrected chi connectivity index (χ4v) is 3.82. The molecule has 4 rings (SSSR count). The highest BCUT2D eigenvalue weighted by Crippen LogP contribution is 2.30. The van der Waals surface area contributed by atoms with E-state index in [4.69, 9.17) is 4.42 Å². The number of carbonyl (C=O) groups excluding carboxylic acids is 2. The number of nitrogens with one attached hydrogen (secondary N) is 1. The minimum Gasteiger partial charge on any atom is -0.459 e. The molecular weight excluding hydrogens is 466 g/mol. The van der Waals surface area contributed by atoms with Crippen LogP contribution in [0.25, 0.3) is 10.9 Å². The van der Waals surface area contributed by atoms with Crippen molar-refractivity contribution in [1.29, 1.82) is 0 Å². The first kappa shape index (κ1) is 17.4. The van der Waals surface area contributed by atoms with Crippen molar-refractivity contribution in [3.05, 3.63) is 57.0 Å². The molecule has 1 N–H and O–H groups in total. The highest BCUT2D eigenvalue weighted by atomic mass is 79.9. The van der Waals surface area contributed by atoms with Crippen LogP contribution in [0.2, 0.25) is 0 Å². The Morgan fingerprint density at radius 3 is 2.31 bits per heavy atom. The molecule has 26 heavy (non-hydrogen) atoms. The molecule has 2 amide bonds. The summed E-state index contributed by atoms with van der Waals surface area (Å²) in [5.74, 6) is 0.162. The number of hydrogen-bond donors (Lipinski definition) is 1. The molecule has 134 valence electrons. The summed E-state index contributed by atoms with van der Waals surface area (Å²) in [6.45, 7) is 1.97. The van der Waals surface area contributed by atoms with E-state index in [1.807, 2.05) is 12.1 Å². The summed E-state index contributed by atoms with van der Waals surface area (Å²) in [5, 5.41) is 0.874. The molecule has 0 radical (unpaired) electrons. The second-order valence-electron chi connectivity index (χ2n) is 6.08. The van der Waals surface area contributed by atoms with Crippen LogP contribution in [0, 0.1) is 0 Å². The molecule has 0 spiro atoms. The molecule has 0 unspecified atom stereocenters. The Bertz CT molecular complexity index is 973. The average Bonchev–Trinajstić information content (AvgIpc) is 3.31. The zero-order valence-corrected chi connectivity index (χ0v) is 16.8. The predicted molar refractivity (Wildman–Crippen MR) is 104 cm³/mol. The van der Waals surface area contributed by atoms with E-state index in [0.29, 0.717) is 37.5 Å². The minimum absolute atomic E-state index is 0.0319. The summed E-state index contributed by atoms with van der Waals surface area (Å²) >= 11 is 6.95. The van der Waals surface area contributed by atoms with Gasteiger partial charge < -0.3 is 19.2 Å². The number of rotatable bonds is 2. The van der Waals surface area contributed by atoms with Gasteiger partial charge in [-0.15, -0.1) is 0 Å². The van der Waals surface area contributed by atoms with Crippen molar-refractivity contribution in [3.63, 3.8) is 0 Å². The Labute approximate surface area is 166 Å². The molecule has 0 aliphatic carbocycles. The first-order valence-corrected chi connectivity index (χ1v) is 9.71. The average molecular weight is 481 g/mol. The fourth-order valence-electron chi connectivity index (χ4n) is 3.13. The van der Waals surface area contributed by atoms with Crippen LogP contribution in [0.5, 0.6) is 0 Å². The number of furan rings is 1. The van der Waals surface area contributed by atoms with Gasteiger partial charge >= 0.3 is 0 Å². The van der Waals surface area contributed by atoms with Gasteiger partial charge in [0.2, 0.25) is 0 Å². The van der Waals surface area contributed by atoms with Gasteiger partial charge in [0, 0.05) is 52.2 Å². The van der Waals surface area contributed by atoms with Crippen LogP contribution < -0.4 is 0 Å². The third-order valence-corrected chi connectivity index (χ3v) is 6.38. The first-order valence-electron chi connectivity index (χ1n) is 8.13. The van der Waals surface area contributed by atoms with Gasteiger partial charge in [0.05, 0.1) is 11.8 Å². The summed E-state index contributed by atoms with van der Waals surface area (Å²) < 4.78 is 6.99. The number of carbonyl (C=O) groups is 2. The van der Waals surface area contributed by atoms with E-state index >= 15 is 0 Å². The summed E-state index contributed by atoms with van der Waals surface area (Å²) in [4.78, 5) is 31.9. The highest BCUT2D eigenvalue weighted by molar-refractivity contribution is 9.13. The van der Waals surface area contributed by atoms with Gasteiger partial charge in [-0.05, 0) is 56.1 Å². The molecular formula is C18H15Br2N3O3. The number of hydrogen-bond acceptors (Lipinski definition) is 3. The third-order valence-electron chi connectivity index (χ3n) is 4.54. The Kier molecular flexibility index (Phi) is 4.62. The van der Waals surface area contributed by atoms with E-state index in [9.17, 15) is 9.59 Å². The van der Waals surface area contributed by atoms with E-state index in [2.05, 4.69) is 36.8 Å². The molecule has 1 aliphatic rings. The maximum absolute atomic E-state index is 12.9. The van der Waals surface area contributed by atoms with E-state index in [0.717, 1.165) is 19.8 Å². The highest BCUT2D eigenvalue weighted by Gasteiger charge is 2.27.